The molecule has 1 unspecified atom stereocenters. The number of hydrogen-bond donors (Lipinski definition) is 3. The van der Waals surface area contributed by atoms with Crippen molar-refractivity contribution in [3.05, 3.63) is 72.3 Å². The SMILES string of the molecule is O=C(c1ccncc1)N1N=C(c2ccccc2)/C(=N/Nc2ncn[nH]2)C1(O)C(F)(F)F. The van der Waals surface area contributed by atoms with Crippen LogP contribution < -0.4 is 5.43 Å². The number of carbonyl (C=O) groups is 1. The molecule has 0 fully saturated rings. The monoisotopic (exact) mass is 430 g/mol. The first-order valence-corrected chi connectivity index (χ1v) is 8.70. The summed E-state index contributed by atoms with van der Waals surface area (Å²) in [6.07, 6.45) is -1.77. The first-order chi connectivity index (χ1) is 14.8. The third-order valence-electron chi connectivity index (χ3n) is 4.31. The van der Waals surface area contributed by atoms with Crippen LogP contribution in [0.25, 0.3) is 0 Å². The molecule has 0 radical (unpaired) electrons. The van der Waals surface area contributed by atoms with E-state index in [-0.39, 0.29) is 27.8 Å². The number of anilines is 1. The van der Waals surface area contributed by atoms with Crippen LogP contribution in [0.4, 0.5) is 19.1 Å². The summed E-state index contributed by atoms with van der Waals surface area (Å²) >= 11 is 0. The summed E-state index contributed by atoms with van der Waals surface area (Å²) in [5.41, 5.74) is -2.84. The van der Waals surface area contributed by atoms with Crippen LogP contribution in [-0.2, 0) is 0 Å². The van der Waals surface area contributed by atoms with Gasteiger partial charge in [0.1, 0.15) is 12.0 Å². The first kappa shape index (κ1) is 20.2. The molecule has 13 heteroatoms. The summed E-state index contributed by atoms with van der Waals surface area (Å²) < 4.78 is 42.6. The van der Waals surface area contributed by atoms with E-state index in [1.807, 2.05) is 0 Å². The van der Waals surface area contributed by atoms with E-state index in [2.05, 4.69) is 35.8 Å². The number of H-pyrrole nitrogens is 1. The molecule has 31 heavy (non-hydrogen) atoms. The van der Waals surface area contributed by atoms with Gasteiger partial charge in [-0.05, 0) is 12.1 Å². The molecule has 4 rings (SSSR count). The van der Waals surface area contributed by atoms with E-state index < -0.39 is 23.5 Å². The second-order valence-electron chi connectivity index (χ2n) is 6.24. The number of hydrazone groups is 2. The zero-order valence-corrected chi connectivity index (χ0v) is 15.4. The Hall–Kier alpha value is -4.13. The Balaban J connectivity index is 1.88. The van der Waals surface area contributed by atoms with Crippen molar-refractivity contribution in [2.45, 2.75) is 11.9 Å². The van der Waals surface area contributed by atoms with Crippen molar-refractivity contribution in [3.63, 3.8) is 0 Å². The second kappa shape index (κ2) is 7.60. The predicted octanol–water partition coefficient (Wildman–Crippen LogP) is 1.78. The van der Waals surface area contributed by atoms with E-state index in [1.54, 1.807) is 18.2 Å². The van der Waals surface area contributed by atoms with Gasteiger partial charge in [-0.1, -0.05) is 30.3 Å². The van der Waals surface area contributed by atoms with E-state index in [9.17, 15) is 23.1 Å². The maximum absolute atomic E-state index is 14.2. The van der Waals surface area contributed by atoms with Gasteiger partial charge in [0.15, 0.2) is 5.71 Å². The third kappa shape index (κ3) is 3.50. The van der Waals surface area contributed by atoms with Crippen molar-refractivity contribution in [1.82, 2.24) is 25.2 Å². The van der Waals surface area contributed by atoms with E-state index >= 15 is 0 Å². The van der Waals surface area contributed by atoms with Crippen LogP contribution in [0, 0.1) is 0 Å². The number of aromatic amines is 1. The van der Waals surface area contributed by atoms with Crippen LogP contribution in [0.1, 0.15) is 15.9 Å². The molecule has 1 aliphatic heterocycles. The smallest absolute Gasteiger partial charge is 0.357 e. The zero-order valence-electron chi connectivity index (χ0n) is 15.4. The van der Waals surface area contributed by atoms with Gasteiger partial charge >= 0.3 is 11.9 Å². The highest BCUT2D eigenvalue weighted by atomic mass is 19.4. The lowest BCUT2D eigenvalue weighted by atomic mass is 9.98. The summed E-state index contributed by atoms with van der Waals surface area (Å²) in [5, 5.41) is 24.3. The van der Waals surface area contributed by atoms with Crippen molar-refractivity contribution in [2.75, 3.05) is 5.43 Å². The summed E-state index contributed by atoms with van der Waals surface area (Å²) in [6, 6.07) is 10.1. The van der Waals surface area contributed by atoms with Gasteiger partial charge in [0.2, 0.25) is 5.95 Å². The average Bonchev–Trinajstić information content (AvgIpc) is 3.39. The molecule has 1 aromatic carbocycles. The van der Waals surface area contributed by atoms with Crippen LogP contribution in [0.3, 0.4) is 0 Å². The van der Waals surface area contributed by atoms with E-state index in [4.69, 9.17) is 0 Å². The lowest BCUT2D eigenvalue weighted by Gasteiger charge is -2.32. The summed E-state index contributed by atoms with van der Waals surface area (Å²) in [7, 11) is 0. The van der Waals surface area contributed by atoms with Crippen LogP contribution in [0.15, 0.2) is 71.4 Å². The molecule has 0 bridgehead atoms. The molecular formula is C18H13F3N8O2. The van der Waals surface area contributed by atoms with Crippen molar-refractivity contribution in [2.24, 2.45) is 10.2 Å². The highest BCUT2D eigenvalue weighted by Gasteiger charge is 2.68. The maximum Gasteiger partial charge on any atom is 0.445 e. The number of pyridine rings is 1. The number of rotatable bonds is 4. The molecule has 10 nitrogen and oxygen atoms in total. The van der Waals surface area contributed by atoms with Gasteiger partial charge in [-0.3, -0.25) is 9.78 Å². The minimum Gasteiger partial charge on any atom is -0.357 e. The number of carbonyl (C=O) groups excluding carboxylic acids is 1. The molecule has 0 aliphatic carbocycles. The molecule has 1 aliphatic rings. The molecule has 1 amide bonds. The lowest BCUT2D eigenvalue weighted by Crippen LogP contribution is -2.62. The summed E-state index contributed by atoms with van der Waals surface area (Å²) in [5.74, 6) is -1.27. The quantitative estimate of drug-likeness (QED) is 0.541. The van der Waals surface area contributed by atoms with Crippen LogP contribution in [-0.4, -0.2) is 59.5 Å². The summed E-state index contributed by atoms with van der Waals surface area (Å²) in [6.45, 7) is 0. The molecule has 158 valence electrons. The van der Waals surface area contributed by atoms with Gasteiger partial charge in [0, 0.05) is 23.5 Å². The molecule has 0 spiro atoms. The molecule has 3 N–H and O–H groups in total. The normalized spacial score (nSPS) is 20.1. The van der Waals surface area contributed by atoms with Crippen LogP contribution in [0.2, 0.25) is 0 Å². The van der Waals surface area contributed by atoms with Crippen LogP contribution in [0.5, 0.6) is 0 Å². The fourth-order valence-electron chi connectivity index (χ4n) is 2.84. The largest absolute Gasteiger partial charge is 0.445 e. The molecular weight excluding hydrogens is 417 g/mol. The Kier molecular flexibility index (Phi) is 4.94. The van der Waals surface area contributed by atoms with Crippen molar-refractivity contribution in [3.8, 4) is 0 Å². The van der Waals surface area contributed by atoms with Crippen LogP contribution >= 0.6 is 0 Å². The van der Waals surface area contributed by atoms with Gasteiger partial charge in [-0.25, -0.2) is 10.5 Å². The van der Waals surface area contributed by atoms with E-state index in [1.165, 1.54) is 36.7 Å². The highest BCUT2D eigenvalue weighted by molar-refractivity contribution is 6.52. The number of aromatic nitrogens is 4. The highest BCUT2D eigenvalue weighted by Crippen LogP contribution is 2.40. The van der Waals surface area contributed by atoms with Gasteiger partial charge < -0.3 is 5.11 Å². The molecule has 1 atom stereocenters. The van der Waals surface area contributed by atoms with Gasteiger partial charge in [-0.15, -0.1) is 0 Å². The lowest BCUT2D eigenvalue weighted by molar-refractivity contribution is -0.268. The number of nitrogens with zero attached hydrogens (tertiary/aromatic N) is 6. The standard InChI is InChI=1S/C18H13F3N8O2/c19-18(20,21)17(31)14(25-27-16-23-10-24-26-16)13(11-4-2-1-3-5-11)28-29(17)15(30)12-6-8-22-9-7-12/h1-10,31H,(H2,23,24,26,27)/b25-14-. The topological polar surface area (TPSA) is 132 Å². The fourth-order valence-corrected chi connectivity index (χ4v) is 2.84. The maximum atomic E-state index is 14.2. The third-order valence-corrected chi connectivity index (χ3v) is 4.31. The van der Waals surface area contributed by atoms with Crippen molar-refractivity contribution < 1.29 is 23.1 Å². The number of alkyl halides is 3. The number of hydrogen-bond acceptors (Lipinski definition) is 8. The Morgan fingerprint density at radius 2 is 1.87 bits per heavy atom. The molecule has 3 aromatic rings. The number of aliphatic hydroxyl groups is 1. The van der Waals surface area contributed by atoms with E-state index in [0.717, 1.165) is 6.33 Å². The van der Waals surface area contributed by atoms with Gasteiger partial charge in [0.05, 0.1) is 0 Å². The van der Waals surface area contributed by atoms with E-state index in [0.29, 0.717) is 0 Å². The average molecular weight is 430 g/mol. The number of nitrogens with one attached hydrogen (secondary N) is 2. The van der Waals surface area contributed by atoms with Gasteiger partial charge in [0.25, 0.3) is 5.91 Å². The molecule has 0 saturated heterocycles. The Labute approximate surface area is 172 Å². The molecule has 0 saturated carbocycles. The number of halogens is 3. The Bertz CT molecular complexity index is 1130. The number of benzene rings is 1. The first-order valence-electron chi connectivity index (χ1n) is 8.70. The predicted molar refractivity (Wildman–Crippen MR) is 102 cm³/mol. The minimum absolute atomic E-state index is 0.0361. The zero-order chi connectivity index (χ0) is 22.1. The molecule has 2 aromatic heterocycles. The molecule has 3 heterocycles. The Morgan fingerprint density at radius 3 is 2.48 bits per heavy atom. The second-order valence-corrected chi connectivity index (χ2v) is 6.24. The van der Waals surface area contributed by atoms with Gasteiger partial charge in [-0.2, -0.15) is 38.5 Å². The summed E-state index contributed by atoms with van der Waals surface area (Å²) in [4.78, 5) is 20.3. The van der Waals surface area contributed by atoms with Crippen molar-refractivity contribution >= 4 is 23.3 Å². The number of amides is 1. The van der Waals surface area contributed by atoms with Crippen molar-refractivity contribution in [1.29, 1.82) is 0 Å². The minimum atomic E-state index is -5.35. The Morgan fingerprint density at radius 1 is 1.16 bits per heavy atom. The fraction of sp³-hybridized carbons (Fsp3) is 0.111.